The Morgan fingerprint density at radius 2 is 2.22 bits per heavy atom. The molecule has 9 heavy (non-hydrogen) atoms. The van der Waals surface area contributed by atoms with Gasteiger partial charge in [0.2, 0.25) is 0 Å². The Bertz CT molecular complexity index is 129. The van der Waals surface area contributed by atoms with E-state index in [1.54, 1.807) is 12.2 Å². The molecular weight excluding hydrogens is 116 g/mol. The van der Waals surface area contributed by atoms with E-state index >= 15 is 0 Å². The van der Waals surface area contributed by atoms with Crippen LogP contribution in [-0.4, -0.2) is 17.5 Å². The molecule has 2 heteroatoms. The number of rotatable bonds is 1. The SMILES string of the molecule is O=CC1C=CC(O)CC1. The largest absolute Gasteiger partial charge is 0.389 e. The summed E-state index contributed by atoms with van der Waals surface area (Å²) in [6.07, 6.45) is 5.56. The molecule has 0 spiro atoms. The summed E-state index contributed by atoms with van der Waals surface area (Å²) in [5.41, 5.74) is 0. The van der Waals surface area contributed by atoms with Crippen molar-refractivity contribution in [1.29, 1.82) is 0 Å². The Kier molecular flexibility index (Phi) is 2.01. The van der Waals surface area contributed by atoms with Gasteiger partial charge in [-0.15, -0.1) is 0 Å². The number of allylic oxidation sites excluding steroid dienone is 1. The number of aliphatic hydroxyl groups excluding tert-OH is 1. The van der Waals surface area contributed by atoms with Crippen molar-refractivity contribution in [3.05, 3.63) is 12.2 Å². The van der Waals surface area contributed by atoms with Crippen LogP contribution in [0.2, 0.25) is 0 Å². The van der Waals surface area contributed by atoms with Gasteiger partial charge in [0.1, 0.15) is 6.29 Å². The van der Waals surface area contributed by atoms with E-state index in [1.807, 2.05) is 0 Å². The zero-order valence-corrected chi connectivity index (χ0v) is 5.16. The first-order chi connectivity index (χ1) is 4.33. The minimum Gasteiger partial charge on any atom is -0.389 e. The van der Waals surface area contributed by atoms with Crippen LogP contribution in [0.15, 0.2) is 12.2 Å². The highest BCUT2D eigenvalue weighted by Crippen LogP contribution is 2.14. The minimum absolute atomic E-state index is 0.0494. The summed E-state index contributed by atoms with van der Waals surface area (Å²) in [4.78, 5) is 10.1. The van der Waals surface area contributed by atoms with Gasteiger partial charge in [-0.1, -0.05) is 12.2 Å². The van der Waals surface area contributed by atoms with Gasteiger partial charge in [0, 0.05) is 5.92 Å². The quantitative estimate of drug-likeness (QED) is 0.410. The van der Waals surface area contributed by atoms with Crippen LogP contribution < -0.4 is 0 Å². The fourth-order valence-corrected chi connectivity index (χ4v) is 0.940. The summed E-state index contributed by atoms with van der Waals surface area (Å²) in [5, 5.41) is 8.92. The molecule has 0 fully saturated rings. The molecule has 0 amide bonds. The Morgan fingerprint density at radius 1 is 1.44 bits per heavy atom. The van der Waals surface area contributed by atoms with Crippen molar-refractivity contribution in [1.82, 2.24) is 0 Å². The highest BCUT2D eigenvalue weighted by atomic mass is 16.3. The van der Waals surface area contributed by atoms with E-state index in [0.29, 0.717) is 0 Å². The summed E-state index contributed by atoms with van der Waals surface area (Å²) in [6.45, 7) is 0. The third-order valence-corrected chi connectivity index (χ3v) is 1.55. The van der Waals surface area contributed by atoms with Gasteiger partial charge in [-0.25, -0.2) is 0 Å². The van der Waals surface area contributed by atoms with Crippen LogP contribution in [0.4, 0.5) is 0 Å². The molecule has 1 rings (SSSR count). The third-order valence-electron chi connectivity index (χ3n) is 1.55. The van der Waals surface area contributed by atoms with Crippen molar-refractivity contribution >= 4 is 6.29 Å². The monoisotopic (exact) mass is 126 g/mol. The van der Waals surface area contributed by atoms with E-state index < -0.39 is 0 Å². The Balaban J connectivity index is 2.47. The van der Waals surface area contributed by atoms with E-state index in [9.17, 15) is 4.79 Å². The smallest absolute Gasteiger partial charge is 0.126 e. The topological polar surface area (TPSA) is 37.3 Å². The van der Waals surface area contributed by atoms with Gasteiger partial charge in [0.25, 0.3) is 0 Å². The number of aldehydes is 1. The fraction of sp³-hybridized carbons (Fsp3) is 0.571. The van der Waals surface area contributed by atoms with E-state index in [2.05, 4.69) is 0 Å². The third kappa shape index (κ3) is 1.64. The minimum atomic E-state index is -0.318. The molecule has 1 aliphatic rings. The van der Waals surface area contributed by atoms with E-state index in [4.69, 9.17) is 5.11 Å². The van der Waals surface area contributed by atoms with Crippen LogP contribution in [0, 0.1) is 5.92 Å². The van der Waals surface area contributed by atoms with Gasteiger partial charge in [-0.3, -0.25) is 0 Å². The maximum absolute atomic E-state index is 10.1. The van der Waals surface area contributed by atoms with Crippen LogP contribution in [0.25, 0.3) is 0 Å². The number of carbonyl (C=O) groups excluding carboxylic acids is 1. The van der Waals surface area contributed by atoms with Crippen molar-refractivity contribution < 1.29 is 9.90 Å². The normalized spacial score (nSPS) is 34.3. The molecule has 0 bridgehead atoms. The average Bonchev–Trinajstić information content (AvgIpc) is 1.90. The molecule has 0 aromatic heterocycles. The van der Waals surface area contributed by atoms with Gasteiger partial charge in [-0.05, 0) is 12.8 Å². The lowest BCUT2D eigenvalue weighted by Crippen LogP contribution is -2.12. The first kappa shape index (κ1) is 6.49. The standard InChI is InChI=1S/C7H10O2/c8-5-6-1-3-7(9)4-2-6/h1,3,5-7,9H,2,4H2. The van der Waals surface area contributed by atoms with Crippen molar-refractivity contribution in [3.63, 3.8) is 0 Å². The molecule has 0 aromatic rings. The lowest BCUT2D eigenvalue weighted by Gasteiger charge is -2.13. The highest BCUT2D eigenvalue weighted by molar-refractivity contribution is 5.56. The lowest BCUT2D eigenvalue weighted by molar-refractivity contribution is -0.110. The number of carbonyl (C=O) groups is 1. The second-order valence-corrected chi connectivity index (χ2v) is 2.33. The Morgan fingerprint density at radius 3 is 2.67 bits per heavy atom. The Hall–Kier alpha value is -0.630. The van der Waals surface area contributed by atoms with E-state index in [1.165, 1.54) is 0 Å². The van der Waals surface area contributed by atoms with Crippen LogP contribution >= 0.6 is 0 Å². The first-order valence-electron chi connectivity index (χ1n) is 3.14. The summed E-state index contributed by atoms with van der Waals surface area (Å²) in [6, 6.07) is 0. The van der Waals surface area contributed by atoms with E-state index in [0.717, 1.165) is 19.1 Å². The zero-order valence-electron chi connectivity index (χ0n) is 5.16. The second kappa shape index (κ2) is 2.78. The fourth-order valence-electron chi connectivity index (χ4n) is 0.940. The molecule has 1 aliphatic carbocycles. The maximum atomic E-state index is 10.1. The van der Waals surface area contributed by atoms with E-state index in [-0.39, 0.29) is 12.0 Å². The molecule has 0 saturated heterocycles. The summed E-state index contributed by atoms with van der Waals surface area (Å²) < 4.78 is 0. The molecule has 0 heterocycles. The molecule has 50 valence electrons. The highest BCUT2D eigenvalue weighted by Gasteiger charge is 2.11. The van der Waals surface area contributed by atoms with Gasteiger partial charge >= 0.3 is 0 Å². The first-order valence-corrected chi connectivity index (χ1v) is 3.14. The van der Waals surface area contributed by atoms with Crippen LogP contribution in [0.1, 0.15) is 12.8 Å². The van der Waals surface area contributed by atoms with Crippen molar-refractivity contribution in [2.75, 3.05) is 0 Å². The van der Waals surface area contributed by atoms with Crippen molar-refractivity contribution in [2.24, 2.45) is 5.92 Å². The molecule has 0 saturated carbocycles. The molecule has 0 aromatic carbocycles. The maximum Gasteiger partial charge on any atom is 0.126 e. The molecular formula is C7H10O2. The van der Waals surface area contributed by atoms with Crippen LogP contribution in [-0.2, 0) is 4.79 Å². The van der Waals surface area contributed by atoms with Gasteiger partial charge in [0.15, 0.2) is 0 Å². The molecule has 0 aliphatic heterocycles. The van der Waals surface area contributed by atoms with Crippen molar-refractivity contribution in [2.45, 2.75) is 18.9 Å². The summed E-state index contributed by atoms with van der Waals surface area (Å²) in [7, 11) is 0. The summed E-state index contributed by atoms with van der Waals surface area (Å²) >= 11 is 0. The zero-order chi connectivity index (χ0) is 6.69. The molecule has 1 N–H and O–H groups in total. The van der Waals surface area contributed by atoms with Crippen LogP contribution in [0.5, 0.6) is 0 Å². The number of hydrogen-bond acceptors (Lipinski definition) is 2. The molecule has 0 radical (unpaired) electrons. The number of hydrogen-bond donors (Lipinski definition) is 1. The molecule has 2 unspecified atom stereocenters. The summed E-state index contributed by atoms with van der Waals surface area (Å²) in [5.74, 6) is 0.0494. The average molecular weight is 126 g/mol. The van der Waals surface area contributed by atoms with Crippen molar-refractivity contribution in [3.8, 4) is 0 Å². The predicted octanol–water partition coefficient (Wildman–Crippen LogP) is 0.512. The Labute approximate surface area is 54.2 Å². The van der Waals surface area contributed by atoms with Gasteiger partial charge < -0.3 is 9.90 Å². The molecule has 2 atom stereocenters. The van der Waals surface area contributed by atoms with Crippen LogP contribution in [0.3, 0.4) is 0 Å². The number of aliphatic hydroxyl groups is 1. The lowest BCUT2D eigenvalue weighted by atomic mass is 9.96. The van der Waals surface area contributed by atoms with Gasteiger partial charge in [0.05, 0.1) is 6.10 Å². The molecule has 2 nitrogen and oxygen atoms in total. The van der Waals surface area contributed by atoms with Gasteiger partial charge in [-0.2, -0.15) is 0 Å². The second-order valence-electron chi connectivity index (χ2n) is 2.33. The predicted molar refractivity (Wildman–Crippen MR) is 33.9 cm³/mol.